The number of carbonyl (C=O) groups excluding carboxylic acids is 1. The predicted molar refractivity (Wildman–Crippen MR) is 101 cm³/mol. The third kappa shape index (κ3) is 5.95. The van der Waals surface area contributed by atoms with Crippen LogP contribution in [-0.4, -0.2) is 18.9 Å². The van der Waals surface area contributed by atoms with Crippen LogP contribution < -0.4 is 20.6 Å². The SMILES string of the molecule is CCOc1cc(/C=N\NC(N)=O)cc(Br)c1OCc1ccc(Cl)cc1. The lowest BCUT2D eigenvalue weighted by Gasteiger charge is -2.14. The molecule has 2 aromatic rings. The van der Waals surface area contributed by atoms with Crippen LogP contribution in [0.3, 0.4) is 0 Å². The van der Waals surface area contributed by atoms with Crippen LogP contribution in [0.4, 0.5) is 4.79 Å². The minimum Gasteiger partial charge on any atom is -0.490 e. The van der Waals surface area contributed by atoms with E-state index < -0.39 is 6.03 Å². The van der Waals surface area contributed by atoms with E-state index in [1.54, 1.807) is 12.1 Å². The first-order valence-corrected chi connectivity index (χ1v) is 8.58. The maximum absolute atomic E-state index is 10.7. The van der Waals surface area contributed by atoms with Crippen molar-refractivity contribution in [2.45, 2.75) is 13.5 Å². The van der Waals surface area contributed by atoms with E-state index in [1.165, 1.54) is 6.21 Å². The zero-order valence-corrected chi connectivity index (χ0v) is 15.8. The molecule has 3 N–H and O–H groups in total. The molecule has 8 heteroatoms. The van der Waals surface area contributed by atoms with Gasteiger partial charge in [-0.15, -0.1) is 0 Å². The Bertz CT molecular complexity index is 766. The molecule has 0 atom stereocenters. The summed E-state index contributed by atoms with van der Waals surface area (Å²) in [5, 5.41) is 4.41. The van der Waals surface area contributed by atoms with Crippen LogP contribution in [-0.2, 0) is 6.61 Å². The highest BCUT2D eigenvalue weighted by atomic mass is 79.9. The summed E-state index contributed by atoms with van der Waals surface area (Å²) in [5.74, 6) is 1.14. The van der Waals surface area contributed by atoms with Gasteiger partial charge in [-0.2, -0.15) is 5.10 Å². The van der Waals surface area contributed by atoms with Gasteiger partial charge >= 0.3 is 6.03 Å². The van der Waals surface area contributed by atoms with Crippen molar-refractivity contribution in [2.24, 2.45) is 10.8 Å². The van der Waals surface area contributed by atoms with Gasteiger partial charge in [0.05, 0.1) is 17.3 Å². The summed E-state index contributed by atoms with van der Waals surface area (Å²) < 4.78 is 12.2. The monoisotopic (exact) mass is 425 g/mol. The molecule has 0 unspecified atom stereocenters. The van der Waals surface area contributed by atoms with E-state index in [0.29, 0.717) is 39.8 Å². The Kier molecular flexibility index (Phi) is 7.09. The second kappa shape index (κ2) is 9.29. The Morgan fingerprint density at radius 2 is 2.04 bits per heavy atom. The van der Waals surface area contributed by atoms with E-state index in [9.17, 15) is 4.79 Å². The summed E-state index contributed by atoms with van der Waals surface area (Å²) in [5.41, 5.74) is 8.80. The Balaban J connectivity index is 2.19. The van der Waals surface area contributed by atoms with Crippen molar-refractivity contribution in [2.75, 3.05) is 6.61 Å². The van der Waals surface area contributed by atoms with Gasteiger partial charge in [0.2, 0.25) is 0 Å². The summed E-state index contributed by atoms with van der Waals surface area (Å²) in [7, 11) is 0. The Morgan fingerprint density at radius 3 is 2.68 bits per heavy atom. The van der Waals surface area contributed by atoms with Crippen LogP contribution in [0, 0.1) is 0 Å². The van der Waals surface area contributed by atoms with E-state index in [4.69, 9.17) is 26.8 Å². The van der Waals surface area contributed by atoms with Gasteiger partial charge < -0.3 is 15.2 Å². The minimum atomic E-state index is -0.733. The summed E-state index contributed by atoms with van der Waals surface area (Å²) in [6.45, 7) is 2.72. The van der Waals surface area contributed by atoms with Crippen molar-refractivity contribution >= 4 is 39.8 Å². The van der Waals surface area contributed by atoms with Crippen LogP contribution in [0.2, 0.25) is 5.02 Å². The summed E-state index contributed by atoms with van der Waals surface area (Å²) in [6.07, 6.45) is 1.46. The molecule has 0 aromatic heterocycles. The lowest BCUT2D eigenvalue weighted by atomic mass is 10.2. The number of nitrogens with two attached hydrogens (primary N) is 1. The molecule has 0 bridgehead atoms. The zero-order valence-electron chi connectivity index (χ0n) is 13.5. The van der Waals surface area contributed by atoms with Crippen LogP contribution >= 0.6 is 27.5 Å². The Hall–Kier alpha value is -2.25. The summed E-state index contributed by atoms with van der Waals surface area (Å²) in [4.78, 5) is 10.7. The molecule has 0 heterocycles. The smallest absolute Gasteiger partial charge is 0.332 e. The van der Waals surface area contributed by atoms with E-state index in [2.05, 4.69) is 26.5 Å². The number of hydrogen-bond acceptors (Lipinski definition) is 4. The molecule has 132 valence electrons. The van der Waals surface area contributed by atoms with Crippen LogP contribution in [0.25, 0.3) is 0 Å². The number of urea groups is 1. The second-order valence-electron chi connectivity index (χ2n) is 4.91. The molecule has 0 aliphatic heterocycles. The number of ether oxygens (including phenoxy) is 2. The zero-order chi connectivity index (χ0) is 18.2. The highest BCUT2D eigenvalue weighted by Crippen LogP contribution is 2.37. The maximum Gasteiger partial charge on any atom is 0.332 e. The molecule has 0 fully saturated rings. The number of primary amides is 1. The van der Waals surface area contributed by atoms with Gasteiger partial charge in [0.15, 0.2) is 11.5 Å². The molecule has 0 spiro atoms. The predicted octanol–water partition coefficient (Wildman–Crippen LogP) is 4.08. The van der Waals surface area contributed by atoms with Crippen molar-refractivity contribution in [3.8, 4) is 11.5 Å². The summed E-state index contributed by atoms with van der Waals surface area (Å²) >= 11 is 9.36. The van der Waals surface area contributed by atoms with E-state index in [0.717, 1.165) is 5.56 Å². The second-order valence-corrected chi connectivity index (χ2v) is 6.20. The van der Waals surface area contributed by atoms with Gasteiger partial charge in [-0.3, -0.25) is 0 Å². The van der Waals surface area contributed by atoms with Crippen LogP contribution in [0.5, 0.6) is 11.5 Å². The molecule has 0 saturated carbocycles. The molecule has 25 heavy (non-hydrogen) atoms. The van der Waals surface area contributed by atoms with Crippen LogP contribution in [0.1, 0.15) is 18.1 Å². The molecule has 6 nitrogen and oxygen atoms in total. The molecular weight excluding hydrogens is 410 g/mol. The van der Waals surface area contributed by atoms with Gasteiger partial charge in [-0.05, 0) is 58.2 Å². The van der Waals surface area contributed by atoms with Gasteiger partial charge in [0, 0.05) is 5.02 Å². The molecule has 2 aromatic carbocycles. The number of halogens is 2. The number of amides is 2. The molecule has 2 amide bonds. The lowest BCUT2D eigenvalue weighted by molar-refractivity contribution is 0.249. The quantitative estimate of drug-likeness (QED) is 0.516. The van der Waals surface area contributed by atoms with E-state index >= 15 is 0 Å². The first kappa shape index (κ1) is 19.1. The highest BCUT2D eigenvalue weighted by Gasteiger charge is 2.12. The number of hydrazone groups is 1. The van der Waals surface area contributed by atoms with Gasteiger partial charge in [-0.1, -0.05) is 23.7 Å². The third-order valence-corrected chi connectivity index (χ3v) is 3.86. The van der Waals surface area contributed by atoms with E-state index in [-0.39, 0.29) is 0 Å². The Morgan fingerprint density at radius 1 is 1.32 bits per heavy atom. The fraction of sp³-hybridized carbons (Fsp3) is 0.176. The maximum atomic E-state index is 10.7. The van der Waals surface area contributed by atoms with Crippen molar-refractivity contribution in [3.05, 3.63) is 57.0 Å². The number of nitrogens with one attached hydrogen (secondary N) is 1. The normalized spacial score (nSPS) is 10.7. The number of nitrogens with zero attached hydrogens (tertiary/aromatic N) is 1. The van der Waals surface area contributed by atoms with E-state index in [1.807, 2.05) is 31.2 Å². The molecular formula is C17H17BrClN3O3. The van der Waals surface area contributed by atoms with Gasteiger partial charge in [-0.25, -0.2) is 10.2 Å². The number of rotatable bonds is 7. The number of hydrogen-bond donors (Lipinski definition) is 2. The van der Waals surface area contributed by atoms with Gasteiger partial charge in [0.25, 0.3) is 0 Å². The van der Waals surface area contributed by atoms with Crippen LogP contribution in [0.15, 0.2) is 46.0 Å². The Labute approximate surface area is 159 Å². The third-order valence-electron chi connectivity index (χ3n) is 3.02. The molecule has 2 rings (SSSR count). The fourth-order valence-corrected chi connectivity index (χ4v) is 2.67. The average molecular weight is 427 g/mol. The topological polar surface area (TPSA) is 85.9 Å². The largest absolute Gasteiger partial charge is 0.490 e. The van der Waals surface area contributed by atoms with Gasteiger partial charge in [0.1, 0.15) is 6.61 Å². The van der Waals surface area contributed by atoms with Crippen molar-refractivity contribution in [1.82, 2.24) is 5.43 Å². The summed E-state index contributed by atoms with van der Waals surface area (Å²) in [6, 6.07) is 10.2. The van der Waals surface area contributed by atoms with Crippen molar-refractivity contribution in [3.63, 3.8) is 0 Å². The lowest BCUT2D eigenvalue weighted by Crippen LogP contribution is -2.24. The molecule has 0 saturated heterocycles. The highest BCUT2D eigenvalue weighted by molar-refractivity contribution is 9.10. The minimum absolute atomic E-state index is 0.368. The molecule has 0 aliphatic carbocycles. The van der Waals surface area contributed by atoms with Crippen molar-refractivity contribution < 1.29 is 14.3 Å². The standard InChI is InChI=1S/C17H17BrClN3O3/c1-2-24-15-8-12(9-21-22-17(20)23)7-14(18)16(15)25-10-11-3-5-13(19)6-4-11/h3-9H,2,10H2,1H3,(H3,20,22,23)/b21-9-. The first-order valence-electron chi connectivity index (χ1n) is 7.41. The van der Waals surface area contributed by atoms with Crippen molar-refractivity contribution in [1.29, 1.82) is 0 Å². The molecule has 0 radical (unpaired) electrons. The number of benzene rings is 2. The first-order chi connectivity index (χ1) is 12.0. The average Bonchev–Trinajstić information content (AvgIpc) is 2.55. The number of carbonyl (C=O) groups is 1. The molecule has 0 aliphatic rings. The fourth-order valence-electron chi connectivity index (χ4n) is 1.97.